The smallest absolute Gasteiger partial charge is 0.300 e. The minimum atomic E-state index is -0.680. The number of ether oxygens (including phenoxy) is 2. The van der Waals surface area contributed by atoms with Gasteiger partial charge < -0.3 is 14.8 Å². The summed E-state index contributed by atoms with van der Waals surface area (Å²) in [7, 11) is 2.99. The van der Waals surface area contributed by atoms with E-state index >= 15 is 0 Å². The Bertz CT molecular complexity index is 495. The van der Waals surface area contributed by atoms with Crippen molar-refractivity contribution in [3.63, 3.8) is 0 Å². The first kappa shape index (κ1) is 16.4. The van der Waals surface area contributed by atoms with Crippen LogP contribution in [0.15, 0.2) is 18.2 Å². The summed E-state index contributed by atoms with van der Waals surface area (Å²) < 4.78 is 9.99. The van der Waals surface area contributed by atoms with Gasteiger partial charge in [0.1, 0.15) is 10.6 Å². The fraction of sp³-hybridized carbons (Fsp3) is 0.417. The van der Waals surface area contributed by atoms with E-state index in [-0.39, 0.29) is 23.2 Å². The van der Waals surface area contributed by atoms with E-state index < -0.39 is 16.5 Å². The van der Waals surface area contributed by atoms with Crippen LogP contribution in [0.25, 0.3) is 0 Å². The van der Waals surface area contributed by atoms with Crippen molar-refractivity contribution in [3.8, 4) is 0 Å². The summed E-state index contributed by atoms with van der Waals surface area (Å²) in [5.74, 6) is -0.586. The molecule has 0 aliphatic heterocycles. The number of carbonyl (C=O) groups is 1. The Hall–Kier alpha value is -1.70. The van der Waals surface area contributed by atoms with Gasteiger partial charge in [-0.2, -0.15) is 0 Å². The van der Waals surface area contributed by atoms with Crippen LogP contribution in [-0.2, 0) is 9.47 Å². The van der Waals surface area contributed by atoms with Crippen molar-refractivity contribution in [3.05, 3.63) is 38.9 Å². The summed E-state index contributed by atoms with van der Waals surface area (Å²) in [6.45, 7) is 0.473. The van der Waals surface area contributed by atoms with E-state index in [2.05, 4.69) is 5.32 Å². The minimum Gasteiger partial charge on any atom is -0.382 e. The number of nitro groups is 1. The van der Waals surface area contributed by atoms with Crippen LogP contribution in [-0.4, -0.2) is 44.3 Å². The first-order valence-electron chi connectivity index (χ1n) is 5.74. The SMILES string of the molecule is COCC(CNC(=O)c1cccc(Cl)c1[N+](=O)[O-])OC. The fourth-order valence-electron chi connectivity index (χ4n) is 1.58. The topological polar surface area (TPSA) is 90.7 Å². The predicted octanol–water partition coefficient (Wildman–Crippen LogP) is 1.64. The van der Waals surface area contributed by atoms with Crippen LogP contribution in [0.3, 0.4) is 0 Å². The second kappa shape index (κ2) is 7.78. The van der Waals surface area contributed by atoms with Gasteiger partial charge >= 0.3 is 5.69 Å². The van der Waals surface area contributed by atoms with Gasteiger partial charge in [0.15, 0.2) is 0 Å². The molecule has 0 spiro atoms. The summed E-state index contributed by atoms with van der Waals surface area (Å²) >= 11 is 5.74. The highest BCUT2D eigenvalue weighted by molar-refractivity contribution is 6.33. The number of para-hydroxylation sites is 1. The van der Waals surface area contributed by atoms with Crippen LogP contribution in [0.2, 0.25) is 5.02 Å². The zero-order chi connectivity index (χ0) is 15.1. The number of methoxy groups -OCH3 is 2. The number of nitro benzene ring substituents is 1. The third-order valence-electron chi connectivity index (χ3n) is 2.59. The Labute approximate surface area is 121 Å². The highest BCUT2D eigenvalue weighted by Gasteiger charge is 2.23. The molecule has 1 amide bonds. The molecule has 0 aliphatic rings. The van der Waals surface area contributed by atoms with Crippen molar-refractivity contribution in [1.29, 1.82) is 0 Å². The third kappa shape index (κ3) is 4.16. The number of hydrogen-bond acceptors (Lipinski definition) is 5. The molecule has 8 heteroatoms. The zero-order valence-electron chi connectivity index (χ0n) is 11.1. The van der Waals surface area contributed by atoms with Crippen molar-refractivity contribution in [1.82, 2.24) is 5.32 Å². The molecule has 1 unspecified atom stereocenters. The average Bonchev–Trinajstić information content (AvgIpc) is 2.42. The zero-order valence-corrected chi connectivity index (χ0v) is 11.8. The number of hydrogen-bond donors (Lipinski definition) is 1. The van der Waals surface area contributed by atoms with E-state index in [1.165, 1.54) is 32.4 Å². The number of nitrogens with zero attached hydrogens (tertiary/aromatic N) is 1. The number of halogens is 1. The largest absolute Gasteiger partial charge is 0.382 e. The van der Waals surface area contributed by atoms with Crippen molar-refractivity contribution in [2.24, 2.45) is 0 Å². The first-order valence-corrected chi connectivity index (χ1v) is 6.11. The molecule has 0 heterocycles. The van der Waals surface area contributed by atoms with E-state index in [1.54, 1.807) is 0 Å². The molecule has 0 saturated heterocycles. The Kier molecular flexibility index (Phi) is 6.37. The van der Waals surface area contributed by atoms with E-state index in [4.69, 9.17) is 21.1 Å². The normalized spacial score (nSPS) is 11.9. The van der Waals surface area contributed by atoms with Crippen LogP contribution in [0, 0.1) is 10.1 Å². The lowest BCUT2D eigenvalue weighted by Gasteiger charge is -2.15. The molecule has 1 aromatic carbocycles. The van der Waals surface area contributed by atoms with E-state index in [9.17, 15) is 14.9 Å². The van der Waals surface area contributed by atoms with Crippen LogP contribution in [0.4, 0.5) is 5.69 Å². The maximum Gasteiger partial charge on any atom is 0.300 e. The molecule has 1 atom stereocenters. The third-order valence-corrected chi connectivity index (χ3v) is 2.90. The maximum atomic E-state index is 12.0. The second-order valence-electron chi connectivity index (χ2n) is 3.92. The minimum absolute atomic E-state index is 0.0807. The molecule has 1 N–H and O–H groups in total. The second-order valence-corrected chi connectivity index (χ2v) is 4.32. The molecule has 0 aromatic heterocycles. The van der Waals surface area contributed by atoms with Gasteiger partial charge in [-0.25, -0.2) is 0 Å². The molecule has 20 heavy (non-hydrogen) atoms. The number of carbonyl (C=O) groups excluding carboxylic acids is 1. The van der Waals surface area contributed by atoms with Gasteiger partial charge in [-0.05, 0) is 12.1 Å². The molecule has 110 valence electrons. The monoisotopic (exact) mass is 302 g/mol. The highest BCUT2D eigenvalue weighted by atomic mass is 35.5. The van der Waals surface area contributed by atoms with Gasteiger partial charge in [-0.15, -0.1) is 0 Å². The highest BCUT2D eigenvalue weighted by Crippen LogP contribution is 2.27. The standard InChI is InChI=1S/C12H15ClN2O5/c1-19-7-8(20-2)6-14-12(16)9-4-3-5-10(13)11(9)15(17)18/h3-5,8H,6-7H2,1-2H3,(H,14,16). The maximum absolute atomic E-state index is 12.0. The Morgan fingerprint density at radius 2 is 2.20 bits per heavy atom. The predicted molar refractivity (Wildman–Crippen MR) is 73.1 cm³/mol. The molecule has 1 aromatic rings. The van der Waals surface area contributed by atoms with E-state index in [0.717, 1.165) is 0 Å². The lowest BCUT2D eigenvalue weighted by molar-refractivity contribution is -0.385. The molecule has 0 aliphatic carbocycles. The summed E-state index contributed by atoms with van der Waals surface area (Å²) in [6, 6.07) is 4.18. The molecule has 0 radical (unpaired) electrons. The molecular formula is C12H15ClN2O5. The molecule has 7 nitrogen and oxygen atoms in total. The van der Waals surface area contributed by atoms with Gasteiger partial charge in [0, 0.05) is 20.8 Å². The van der Waals surface area contributed by atoms with Crippen LogP contribution in [0.1, 0.15) is 10.4 Å². The quantitative estimate of drug-likeness (QED) is 0.611. The van der Waals surface area contributed by atoms with Crippen molar-refractivity contribution >= 4 is 23.2 Å². The average molecular weight is 303 g/mol. The van der Waals surface area contributed by atoms with Gasteiger partial charge in [-0.3, -0.25) is 14.9 Å². The molecule has 0 bridgehead atoms. The molecule has 0 fully saturated rings. The lowest BCUT2D eigenvalue weighted by Crippen LogP contribution is -2.35. The van der Waals surface area contributed by atoms with Crippen molar-refractivity contribution in [2.75, 3.05) is 27.4 Å². The van der Waals surface area contributed by atoms with Crippen molar-refractivity contribution < 1.29 is 19.2 Å². The molecule has 1 rings (SSSR count). The van der Waals surface area contributed by atoms with E-state index in [0.29, 0.717) is 6.61 Å². The molecular weight excluding hydrogens is 288 g/mol. The van der Waals surface area contributed by atoms with Crippen LogP contribution >= 0.6 is 11.6 Å². The summed E-state index contributed by atoms with van der Waals surface area (Å²) in [5, 5.41) is 13.4. The molecule has 0 saturated carbocycles. The number of benzene rings is 1. The summed E-state index contributed by atoms with van der Waals surface area (Å²) in [5.41, 5.74) is -0.498. The first-order chi connectivity index (χ1) is 9.51. The summed E-state index contributed by atoms with van der Waals surface area (Å²) in [6.07, 6.45) is -0.331. The fourth-order valence-corrected chi connectivity index (χ4v) is 1.83. The summed E-state index contributed by atoms with van der Waals surface area (Å²) in [4.78, 5) is 22.2. The number of nitrogens with one attached hydrogen (secondary N) is 1. The van der Waals surface area contributed by atoms with Crippen molar-refractivity contribution in [2.45, 2.75) is 6.10 Å². The number of amides is 1. The lowest BCUT2D eigenvalue weighted by atomic mass is 10.1. The van der Waals surface area contributed by atoms with Gasteiger partial charge in [0.25, 0.3) is 5.91 Å². The van der Waals surface area contributed by atoms with Crippen LogP contribution < -0.4 is 5.32 Å². The van der Waals surface area contributed by atoms with Crippen LogP contribution in [0.5, 0.6) is 0 Å². The number of rotatable bonds is 7. The van der Waals surface area contributed by atoms with E-state index in [1.807, 2.05) is 0 Å². The van der Waals surface area contributed by atoms with Gasteiger partial charge in [0.05, 0.1) is 17.6 Å². The Balaban J connectivity index is 2.83. The Morgan fingerprint density at radius 3 is 2.75 bits per heavy atom. The van der Waals surface area contributed by atoms with Gasteiger partial charge in [-0.1, -0.05) is 17.7 Å². The van der Waals surface area contributed by atoms with Gasteiger partial charge in [0.2, 0.25) is 0 Å². The Morgan fingerprint density at radius 1 is 1.50 bits per heavy atom.